The van der Waals surface area contributed by atoms with Gasteiger partial charge in [0.05, 0.1) is 12.3 Å². The van der Waals surface area contributed by atoms with E-state index < -0.39 is 29.8 Å². The van der Waals surface area contributed by atoms with Crippen LogP contribution in [0.2, 0.25) is 5.02 Å². The highest BCUT2D eigenvalue weighted by Gasteiger charge is 2.58. The Bertz CT molecular complexity index is 685. The van der Waals surface area contributed by atoms with Crippen LogP contribution in [0.4, 0.5) is 5.69 Å². The number of rotatable bonds is 3. The van der Waals surface area contributed by atoms with Gasteiger partial charge < -0.3 is 9.57 Å². The monoisotopic (exact) mass is 322 g/mol. The number of oxime groups is 1. The van der Waals surface area contributed by atoms with Crippen molar-refractivity contribution in [2.24, 2.45) is 11.1 Å². The summed E-state index contributed by atoms with van der Waals surface area (Å²) in [6.07, 6.45) is -1.12. The van der Waals surface area contributed by atoms with Crippen molar-refractivity contribution in [2.75, 3.05) is 11.5 Å². The van der Waals surface area contributed by atoms with Gasteiger partial charge in [0, 0.05) is 5.02 Å². The minimum absolute atomic E-state index is 0.137. The average Bonchev–Trinajstić information content (AvgIpc) is 3.03. The minimum Gasteiger partial charge on any atom is -0.461 e. The fourth-order valence-corrected chi connectivity index (χ4v) is 2.52. The average molecular weight is 323 g/mol. The van der Waals surface area contributed by atoms with Crippen LogP contribution in [0.5, 0.6) is 0 Å². The van der Waals surface area contributed by atoms with E-state index in [0.717, 1.165) is 4.90 Å². The number of halogens is 1. The summed E-state index contributed by atoms with van der Waals surface area (Å²) in [5.74, 6) is -2.96. The van der Waals surface area contributed by atoms with E-state index >= 15 is 0 Å². The zero-order valence-electron chi connectivity index (χ0n) is 11.5. The standard InChI is InChI=1S/C14H11ClN2O5/c1-2-21-14(20)10-9-11(22-16-10)13(19)17(12(9)18)8-5-3-7(15)4-6-8/h3-6,9,11H,2H2,1H3/t9-,11+/m1/s1. The number of imide groups is 1. The van der Waals surface area contributed by atoms with Crippen molar-refractivity contribution >= 4 is 40.8 Å². The van der Waals surface area contributed by atoms with Crippen molar-refractivity contribution in [1.82, 2.24) is 0 Å². The number of amides is 2. The van der Waals surface area contributed by atoms with Gasteiger partial charge in [-0.15, -0.1) is 0 Å². The lowest BCUT2D eigenvalue weighted by Gasteiger charge is -2.15. The Kier molecular flexibility index (Phi) is 3.58. The molecule has 1 fully saturated rings. The summed E-state index contributed by atoms with van der Waals surface area (Å²) in [4.78, 5) is 42.6. The van der Waals surface area contributed by atoms with Crippen LogP contribution in [-0.4, -0.2) is 36.2 Å². The quantitative estimate of drug-likeness (QED) is 0.615. The van der Waals surface area contributed by atoms with Gasteiger partial charge in [0.1, 0.15) is 5.92 Å². The van der Waals surface area contributed by atoms with Crippen LogP contribution >= 0.6 is 11.6 Å². The number of esters is 1. The number of carbonyl (C=O) groups excluding carboxylic acids is 3. The summed E-state index contributed by atoms with van der Waals surface area (Å²) in [7, 11) is 0. The Morgan fingerprint density at radius 3 is 2.64 bits per heavy atom. The zero-order chi connectivity index (χ0) is 15.9. The van der Waals surface area contributed by atoms with Crippen molar-refractivity contribution < 1.29 is 24.0 Å². The van der Waals surface area contributed by atoms with Gasteiger partial charge in [-0.25, -0.2) is 9.69 Å². The number of benzene rings is 1. The third-order valence-electron chi connectivity index (χ3n) is 3.38. The number of anilines is 1. The molecular formula is C14H11ClN2O5. The van der Waals surface area contributed by atoms with Gasteiger partial charge >= 0.3 is 5.97 Å². The summed E-state index contributed by atoms with van der Waals surface area (Å²) in [6, 6.07) is 6.21. The SMILES string of the molecule is CCOC(=O)C1=NO[C@@H]2C(=O)N(c3ccc(Cl)cc3)C(=O)[C@H]12. The second-order valence-electron chi connectivity index (χ2n) is 4.69. The van der Waals surface area contributed by atoms with Crippen molar-refractivity contribution in [1.29, 1.82) is 0 Å². The first-order valence-corrected chi connectivity index (χ1v) is 6.96. The number of carbonyl (C=O) groups is 3. The zero-order valence-corrected chi connectivity index (χ0v) is 12.2. The molecule has 0 bridgehead atoms. The Morgan fingerprint density at radius 2 is 2.00 bits per heavy atom. The number of nitrogens with zero attached hydrogens (tertiary/aromatic N) is 2. The highest BCUT2D eigenvalue weighted by Crippen LogP contribution is 2.33. The molecule has 114 valence electrons. The Hall–Kier alpha value is -2.41. The first kappa shape index (κ1) is 14.5. The molecule has 22 heavy (non-hydrogen) atoms. The van der Waals surface area contributed by atoms with Crippen LogP contribution < -0.4 is 4.90 Å². The van der Waals surface area contributed by atoms with E-state index in [1.807, 2.05) is 0 Å². The van der Waals surface area contributed by atoms with Crippen molar-refractivity contribution in [3.8, 4) is 0 Å². The molecule has 2 amide bonds. The van der Waals surface area contributed by atoms with Gasteiger partial charge in [0.2, 0.25) is 12.0 Å². The van der Waals surface area contributed by atoms with Gasteiger partial charge in [-0.05, 0) is 31.2 Å². The number of hydrogen-bond acceptors (Lipinski definition) is 6. The van der Waals surface area contributed by atoms with Crippen LogP contribution in [0.3, 0.4) is 0 Å². The summed E-state index contributed by atoms with van der Waals surface area (Å²) in [5.41, 5.74) is 0.183. The summed E-state index contributed by atoms with van der Waals surface area (Å²) >= 11 is 5.79. The molecule has 2 atom stereocenters. The molecule has 3 rings (SSSR count). The van der Waals surface area contributed by atoms with Crippen molar-refractivity contribution in [3.63, 3.8) is 0 Å². The maximum absolute atomic E-state index is 12.5. The molecule has 8 heteroatoms. The van der Waals surface area contributed by atoms with E-state index in [1.165, 1.54) is 0 Å². The highest BCUT2D eigenvalue weighted by atomic mass is 35.5. The summed E-state index contributed by atoms with van der Waals surface area (Å²) in [5, 5.41) is 4.01. The molecule has 2 aliphatic rings. The van der Waals surface area contributed by atoms with Gasteiger partial charge in [-0.3, -0.25) is 9.59 Å². The highest BCUT2D eigenvalue weighted by molar-refractivity contribution is 6.46. The lowest BCUT2D eigenvalue weighted by molar-refractivity contribution is -0.136. The van der Waals surface area contributed by atoms with Gasteiger partial charge in [0.15, 0.2) is 5.71 Å². The Labute approximate surface area is 130 Å². The third kappa shape index (κ3) is 2.14. The van der Waals surface area contributed by atoms with Crippen LogP contribution in [0.1, 0.15) is 6.92 Å². The van der Waals surface area contributed by atoms with Crippen molar-refractivity contribution in [3.05, 3.63) is 29.3 Å². The second kappa shape index (κ2) is 5.42. The van der Waals surface area contributed by atoms with Gasteiger partial charge in [-0.1, -0.05) is 16.8 Å². The van der Waals surface area contributed by atoms with E-state index in [-0.39, 0.29) is 12.3 Å². The maximum atomic E-state index is 12.5. The maximum Gasteiger partial charge on any atom is 0.357 e. The molecule has 0 saturated carbocycles. The number of fused-ring (bicyclic) bond motifs is 1. The molecule has 2 aliphatic heterocycles. The largest absolute Gasteiger partial charge is 0.461 e. The molecule has 7 nitrogen and oxygen atoms in total. The van der Waals surface area contributed by atoms with E-state index in [1.54, 1.807) is 31.2 Å². The first-order valence-electron chi connectivity index (χ1n) is 6.58. The smallest absolute Gasteiger partial charge is 0.357 e. The second-order valence-corrected chi connectivity index (χ2v) is 5.13. The summed E-state index contributed by atoms with van der Waals surface area (Å²) < 4.78 is 4.83. The molecule has 1 aromatic carbocycles. The van der Waals surface area contributed by atoms with Gasteiger partial charge in [0.25, 0.3) is 5.91 Å². The molecule has 2 heterocycles. The normalized spacial score (nSPS) is 23.2. The lowest BCUT2D eigenvalue weighted by Crippen LogP contribution is -2.34. The van der Waals surface area contributed by atoms with E-state index in [4.69, 9.17) is 21.2 Å². The predicted octanol–water partition coefficient (Wildman–Crippen LogP) is 1.15. The molecular weight excluding hydrogens is 312 g/mol. The molecule has 0 aromatic heterocycles. The van der Waals surface area contributed by atoms with Crippen LogP contribution in [0, 0.1) is 5.92 Å². The molecule has 0 aliphatic carbocycles. The Morgan fingerprint density at radius 1 is 1.32 bits per heavy atom. The fraction of sp³-hybridized carbons (Fsp3) is 0.286. The summed E-state index contributed by atoms with van der Waals surface area (Å²) in [6.45, 7) is 1.77. The van der Waals surface area contributed by atoms with E-state index in [9.17, 15) is 14.4 Å². The number of ether oxygens (including phenoxy) is 1. The topological polar surface area (TPSA) is 85.3 Å². The predicted molar refractivity (Wildman–Crippen MR) is 76.4 cm³/mol. The van der Waals surface area contributed by atoms with E-state index in [2.05, 4.69) is 5.16 Å². The molecule has 1 saturated heterocycles. The minimum atomic E-state index is -1.12. The molecule has 0 N–H and O–H groups in total. The first-order chi connectivity index (χ1) is 10.5. The van der Waals surface area contributed by atoms with Crippen LogP contribution in [0.15, 0.2) is 29.4 Å². The Balaban J connectivity index is 1.91. The molecule has 0 unspecified atom stereocenters. The number of hydrogen-bond donors (Lipinski definition) is 0. The molecule has 0 spiro atoms. The van der Waals surface area contributed by atoms with Gasteiger partial charge in [-0.2, -0.15) is 0 Å². The van der Waals surface area contributed by atoms with Crippen molar-refractivity contribution in [2.45, 2.75) is 13.0 Å². The molecule has 1 aromatic rings. The van der Waals surface area contributed by atoms with Crippen LogP contribution in [-0.2, 0) is 24.0 Å². The fourth-order valence-electron chi connectivity index (χ4n) is 2.40. The van der Waals surface area contributed by atoms with Crippen LogP contribution in [0.25, 0.3) is 0 Å². The molecule has 0 radical (unpaired) electrons. The lowest BCUT2D eigenvalue weighted by atomic mass is 10.00. The van der Waals surface area contributed by atoms with E-state index in [0.29, 0.717) is 10.7 Å². The third-order valence-corrected chi connectivity index (χ3v) is 3.63.